The van der Waals surface area contributed by atoms with Gasteiger partial charge >= 0.3 is 7.82 Å². The number of unbranched alkanes of at least 4 members (excludes halogenated alkanes) is 15. The van der Waals surface area contributed by atoms with Crippen molar-refractivity contribution in [1.82, 2.24) is 4.90 Å². The van der Waals surface area contributed by atoms with E-state index in [9.17, 15) is 28.0 Å². The van der Waals surface area contributed by atoms with E-state index < -0.39 is 35.6 Å². The highest BCUT2D eigenvalue weighted by molar-refractivity contribution is 7.86. The molecule has 1 N–H and O–H groups in total. The number of phosphoric acid groups is 1. The van der Waals surface area contributed by atoms with Crippen LogP contribution in [-0.4, -0.2) is 75.8 Å². The standard InChI is InChI=1S/C32H59N2O10PS/c1-4-6-7-8-9-10-11-12-13-14-15-16-17-18-19-20-26-41-28-31(29-43-45(37,38)42-27-25-33(3)5-2)44-46(39,40)32-23-21-30(22-24-32)34(35)36/h21-24,31H,4-20,25-29H2,1-3H3,(H,37,38). The van der Waals surface area contributed by atoms with E-state index in [2.05, 4.69) is 6.92 Å². The summed E-state index contributed by atoms with van der Waals surface area (Å²) in [5.41, 5.74) is -0.270. The summed E-state index contributed by atoms with van der Waals surface area (Å²) in [6, 6.07) is 4.23. The van der Waals surface area contributed by atoms with E-state index in [1.54, 1.807) is 0 Å². The van der Waals surface area contributed by atoms with Gasteiger partial charge in [0.15, 0.2) is 0 Å². The first-order valence-electron chi connectivity index (χ1n) is 17.1. The van der Waals surface area contributed by atoms with Gasteiger partial charge in [0.25, 0.3) is 15.8 Å². The predicted octanol–water partition coefficient (Wildman–Crippen LogP) is 8.03. The van der Waals surface area contributed by atoms with Gasteiger partial charge in [-0.3, -0.25) is 23.3 Å². The molecule has 0 bridgehead atoms. The minimum Gasteiger partial charge on any atom is -0.379 e. The van der Waals surface area contributed by atoms with E-state index in [1.165, 1.54) is 83.5 Å². The summed E-state index contributed by atoms with van der Waals surface area (Å²) in [7, 11) is -7.03. The molecular formula is C32H59N2O10PS. The van der Waals surface area contributed by atoms with Crippen molar-refractivity contribution in [3.8, 4) is 0 Å². The number of hydrogen-bond acceptors (Lipinski definition) is 10. The highest BCUT2D eigenvalue weighted by Gasteiger charge is 2.28. The first-order chi connectivity index (χ1) is 22.0. The fourth-order valence-corrected chi connectivity index (χ4v) is 6.52. The molecule has 0 aromatic heterocycles. The normalized spacial score (nSPS) is 14.0. The molecule has 2 atom stereocenters. The number of non-ortho nitro benzene ring substituents is 1. The van der Waals surface area contributed by atoms with Gasteiger partial charge in [-0.1, -0.05) is 110 Å². The van der Waals surface area contributed by atoms with Crippen LogP contribution in [0.5, 0.6) is 0 Å². The molecule has 0 spiro atoms. The number of nitro benzene ring substituents is 1. The van der Waals surface area contributed by atoms with Crippen LogP contribution in [0.4, 0.5) is 5.69 Å². The number of rotatable bonds is 31. The van der Waals surface area contributed by atoms with Gasteiger partial charge in [-0.25, -0.2) is 4.57 Å². The zero-order chi connectivity index (χ0) is 34.1. The molecule has 0 aliphatic carbocycles. The van der Waals surface area contributed by atoms with Crippen molar-refractivity contribution in [2.24, 2.45) is 0 Å². The van der Waals surface area contributed by atoms with E-state index in [1.807, 2.05) is 18.9 Å². The third kappa shape index (κ3) is 21.4. The Hall–Kier alpha value is -1.44. The third-order valence-corrected chi connectivity index (χ3v) is 10.1. The van der Waals surface area contributed by atoms with Gasteiger partial charge in [-0.15, -0.1) is 0 Å². The van der Waals surface area contributed by atoms with Crippen molar-refractivity contribution in [3.63, 3.8) is 0 Å². The van der Waals surface area contributed by atoms with Crippen molar-refractivity contribution >= 4 is 23.6 Å². The fraction of sp³-hybridized carbons (Fsp3) is 0.812. The maximum Gasteiger partial charge on any atom is 0.472 e. The van der Waals surface area contributed by atoms with E-state index in [-0.39, 0.29) is 23.8 Å². The number of hydrogen-bond donors (Lipinski definition) is 1. The van der Waals surface area contributed by atoms with Crippen LogP contribution in [0.15, 0.2) is 29.2 Å². The second-order valence-corrected chi connectivity index (χ2v) is 14.8. The Kier molecular flexibility index (Phi) is 23.7. The van der Waals surface area contributed by atoms with Gasteiger partial charge in [0.05, 0.1) is 29.6 Å². The predicted molar refractivity (Wildman–Crippen MR) is 180 cm³/mol. The van der Waals surface area contributed by atoms with E-state index in [0.29, 0.717) is 13.2 Å². The smallest absolute Gasteiger partial charge is 0.379 e. The van der Waals surface area contributed by atoms with Crippen LogP contribution < -0.4 is 0 Å². The number of phosphoric ester groups is 1. The number of likely N-dealkylation sites (N-methyl/N-ethyl adjacent to an activating group) is 1. The van der Waals surface area contributed by atoms with Gasteiger partial charge in [-0.05, 0) is 32.1 Å². The Bertz CT molecular complexity index is 1080. The summed E-state index contributed by atoms with van der Waals surface area (Å²) >= 11 is 0. The van der Waals surface area contributed by atoms with Crippen LogP contribution in [0.25, 0.3) is 0 Å². The molecule has 0 heterocycles. The maximum atomic E-state index is 12.8. The molecular weight excluding hydrogens is 635 g/mol. The Morgan fingerprint density at radius 3 is 1.78 bits per heavy atom. The highest BCUT2D eigenvalue weighted by atomic mass is 32.2. The van der Waals surface area contributed by atoms with Crippen molar-refractivity contribution in [2.45, 2.75) is 128 Å². The second kappa shape index (κ2) is 25.6. The minimum absolute atomic E-state index is 0.0551. The lowest BCUT2D eigenvalue weighted by atomic mass is 10.0. The molecule has 0 aliphatic rings. The monoisotopic (exact) mass is 694 g/mol. The maximum absolute atomic E-state index is 12.8. The first-order valence-corrected chi connectivity index (χ1v) is 20.0. The molecule has 0 amide bonds. The van der Waals surface area contributed by atoms with Crippen LogP contribution in [-0.2, 0) is 32.7 Å². The summed E-state index contributed by atoms with van der Waals surface area (Å²) in [5, 5.41) is 10.9. The summed E-state index contributed by atoms with van der Waals surface area (Å²) in [6.45, 7) is 4.84. The molecule has 46 heavy (non-hydrogen) atoms. The molecule has 2 unspecified atom stereocenters. The van der Waals surface area contributed by atoms with E-state index >= 15 is 0 Å². The van der Waals surface area contributed by atoms with E-state index in [0.717, 1.165) is 50.1 Å². The van der Waals surface area contributed by atoms with Crippen LogP contribution in [0.1, 0.15) is 117 Å². The van der Waals surface area contributed by atoms with Crippen molar-refractivity contribution < 1.29 is 40.8 Å². The van der Waals surface area contributed by atoms with Crippen molar-refractivity contribution in [1.29, 1.82) is 0 Å². The lowest BCUT2D eigenvalue weighted by Crippen LogP contribution is -2.29. The Morgan fingerprint density at radius 1 is 0.804 bits per heavy atom. The van der Waals surface area contributed by atoms with E-state index in [4.69, 9.17) is 18.0 Å². The molecule has 1 rings (SSSR count). The largest absolute Gasteiger partial charge is 0.472 e. The van der Waals surface area contributed by atoms with Gasteiger partial charge < -0.3 is 14.5 Å². The molecule has 0 aliphatic heterocycles. The Morgan fingerprint density at radius 2 is 1.30 bits per heavy atom. The fourth-order valence-electron chi connectivity index (χ4n) is 4.72. The van der Waals surface area contributed by atoms with Crippen molar-refractivity contribution in [3.05, 3.63) is 34.4 Å². The molecule has 268 valence electrons. The number of benzene rings is 1. The molecule has 1 aromatic rings. The molecule has 0 saturated heterocycles. The van der Waals surface area contributed by atoms with Gasteiger partial charge in [0, 0.05) is 25.3 Å². The molecule has 0 fully saturated rings. The van der Waals surface area contributed by atoms with Crippen LogP contribution in [0.3, 0.4) is 0 Å². The lowest BCUT2D eigenvalue weighted by Gasteiger charge is -2.20. The Balaban J connectivity index is 2.40. The zero-order valence-corrected chi connectivity index (χ0v) is 30.0. The molecule has 0 radical (unpaired) electrons. The second-order valence-electron chi connectivity index (χ2n) is 11.8. The first kappa shape index (κ1) is 42.6. The molecule has 14 heteroatoms. The summed E-state index contributed by atoms with van der Waals surface area (Å²) in [4.78, 5) is 21.9. The van der Waals surface area contributed by atoms with Crippen LogP contribution in [0, 0.1) is 10.1 Å². The molecule has 12 nitrogen and oxygen atoms in total. The lowest BCUT2D eigenvalue weighted by molar-refractivity contribution is -0.384. The average molecular weight is 695 g/mol. The van der Waals surface area contributed by atoms with Gasteiger partial charge in [0.2, 0.25) is 0 Å². The average Bonchev–Trinajstić information content (AvgIpc) is 3.02. The third-order valence-electron chi connectivity index (χ3n) is 7.74. The van der Waals surface area contributed by atoms with Crippen LogP contribution in [0.2, 0.25) is 0 Å². The SMILES string of the molecule is CCCCCCCCCCCCCCCCCCOCC(COP(=O)(O)OCCN(C)CC)OS(=O)(=O)c1ccc([N+](=O)[O-])cc1. The summed E-state index contributed by atoms with van der Waals surface area (Å²) < 4.78 is 59.0. The number of nitrogens with zero attached hydrogens (tertiary/aromatic N) is 2. The number of ether oxygens (including phenoxy) is 1. The summed E-state index contributed by atoms with van der Waals surface area (Å²) in [6.07, 6.45) is 18.8. The number of nitro groups is 1. The molecule has 0 saturated carbocycles. The zero-order valence-electron chi connectivity index (χ0n) is 28.3. The molecule has 1 aromatic carbocycles. The van der Waals surface area contributed by atoms with Crippen LogP contribution >= 0.6 is 7.82 Å². The topological polar surface area (TPSA) is 155 Å². The quantitative estimate of drug-likeness (QED) is 0.0264. The van der Waals surface area contributed by atoms with Gasteiger partial charge in [0.1, 0.15) is 6.10 Å². The highest BCUT2D eigenvalue weighted by Crippen LogP contribution is 2.43. The van der Waals surface area contributed by atoms with Gasteiger partial charge in [-0.2, -0.15) is 8.42 Å². The summed E-state index contributed by atoms with van der Waals surface area (Å²) in [5.74, 6) is 0. The van der Waals surface area contributed by atoms with Crippen molar-refractivity contribution in [2.75, 3.05) is 46.6 Å². The Labute approximate surface area is 277 Å². The minimum atomic E-state index is -4.48.